The first kappa shape index (κ1) is 35.7. The largest absolute Gasteiger partial charge is 0.491 e. The van der Waals surface area contributed by atoms with Gasteiger partial charge in [0.05, 0.1) is 0 Å². The zero-order valence-electron chi connectivity index (χ0n) is 28.5. The first-order valence-corrected chi connectivity index (χ1v) is 16.8. The Hall–Kier alpha value is -4.60. The van der Waals surface area contributed by atoms with E-state index in [4.69, 9.17) is 23.7 Å². The maximum atomic E-state index is 11.7. The van der Waals surface area contributed by atoms with E-state index in [9.17, 15) is 19.8 Å². The Morgan fingerprint density at radius 3 is 1.67 bits per heavy atom. The van der Waals surface area contributed by atoms with Crippen LogP contribution in [0, 0.1) is 0 Å². The molecule has 2 unspecified atom stereocenters. The van der Waals surface area contributed by atoms with E-state index in [-0.39, 0.29) is 37.6 Å². The summed E-state index contributed by atoms with van der Waals surface area (Å²) in [5.74, 6) is 1.55. The normalized spacial score (nSPS) is 18.1. The third kappa shape index (κ3) is 8.53. The molecule has 0 amide bonds. The molecule has 1 saturated carbocycles. The number of carbonyl (C=O) groups excluding carboxylic acids is 2. The lowest BCUT2D eigenvalue weighted by Crippen LogP contribution is -2.30. The lowest BCUT2D eigenvalue weighted by molar-refractivity contribution is -0.143. The zero-order chi connectivity index (χ0) is 35.1. The summed E-state index contributed by atoms with van der Waals surface area (Å²) < 4.78 is 28.3. The molecule has 3 aromatic carbocycles. The highest BCUT2D eigenvalue weighted by Crippen LogP contribution is 2.53. The van der Waals surface area contributed by atoms with Gasteiger partial charge in [0.15, 0.2) is 0 Å². The highest BCUT2D eigenvalue weighted by molar-refractivity contribution is 5.87. The smallest absolute Gasteiger partial charge is 0.333 e. The van der Waals surface area contributed by atoms with Crippen molar-refractivity contribution in [3.8, 4) is 23.0 Å². The lowest BCUT2D eigenvalue weighted by Gasteiger charge is -2.38. The average Bonchev–Trinajstić information content (AvgIpc) is 3.11. The Labute approximate surface area is 288 Å². The van der Waals surface area contributed by atoms with Gasteiger partial charge in [-0.2, -0.15) is 0 Å². The second-order valence-corrected chi connectivity index (χ2v) is 13.2. The minimum absolute atomic E-state index is 0.0965. The molecule has 1 fully saturated rings. The third-order valence-corrected chi connectivity index (χ3v) is 9.16. The maximum absolute atomic E-state index is 11.7. The zero-order valence-corrected chi connectivity index (χ0v) is 28.5. The SMILES string of the molecule is C=C(C)C(=O)OCC(O)COc1ccc2c(c1)Oc1cc(OCC(O)COC(=O)C(=C)C)ccc1C2(C)c1ccc(C2CCCCC2)cc1. The number of benzene rings is 3. The molecule has 9 heteroatoms. The molecule has 9 nitrogen and oxygen atoms in total. The van der Waals surface area contributed by atoms with Crippen LogP contribution >= 0.6 is 0 Å². The van der Waals surface area contributed by atoms with Crippen LogP contribution in [0.1, 0.15) is 81.0 Å². The van der Waals surface area contributed by atoms with Crippen molar-refractivity contribution in [1.29, 1.82) is 0 Å². The Kier molecular flexibility index (Phi) is 11.5. The van der Waals surface area contributed by atoms with Gasteiger partial charge in [-0.25, -0.2) is 9.59 Å². The van der Waals surface area contributed by atoms with Crippen LogP contribution < -0.4 is 14.2 Å². The van der Waals surface area contributed by atoms with E-state index in [2.05, 4.69) is 44.3 Å². The number of fused-ring (bicyclic) bond motifs is 2. The summed E-state index contributed by atoms with van der Waals surface area (Å²) in [5, 5.41) is 20.7. The topological polar surface area (TPSA) is 121 Å². The monoisotopic (exact) mass is 670 g/mol. The van der Waals surface area contributed by atoms with Crippen LogP contribution in [-0.2, 0) is 24.5 Å². The van der Waals surface area contributed by atoms with E-state index in [1.54, 1.807) is 26.0 Å². The van der Waals surface area contributed by atoms with E-state index in [1.165, 1.54) is 37.7 Å². The standard InChI is InChI=1S/C40H46O9/c1-25(2)38(43)47-23-30(41)21-45-32-15-17-34-36(19-32)49-37-20-33(46-22-31(42)24-48-39(44)26(3)4)16-18-35(37)40(34,5)29-13-11-28(12-14-29)27-9-7-6-8-10-27/h11-20,27,30-31,41-42H,1,3,6-10,21-24H2,2,4-5H3. The minimum atomic E-state index is -1.03. The Morgan fingerprint density at radius 1 is 0.755 bits per heavy atom. The van der Waals surface area contributed by atoms with Gasteiger partial charge in [0, 0.05) is 39.8 Å². The summed E-state index contributed by atoms with van der Waals surface area (Å²) in [6.45, 7) is 11.7. The predicted molar refractivity (Wildman–Crippen MR) is 185 cm³/mol. The number of esters is 2. The van der Waals surface area contributed by atoms with Gasteiger partial charge >= 0.3 is 11.9 Å². The van der Waals surface area contributed by atoms with Crippen LogP contribution in [0.4, 0.5) is 0 Å². The second kappa shape index (κ2) is 15.7. The Morgan fingerprint density at radius 2 is 1.22 bits per heavy atom. The van der Waals surface area contributed by atoms with Crippen LogP contribution in [0.15, 0.2) is 85.0 Å². The lowest BCUT2D eigenvalue weighted by atomic mass is 9.69. The minimum Gasteiger partial charge on any atom is -0.491 e. The molecule has 1 aliphatic carbocycles. The van der Waals surface area contributed by atoms with Gasteiger partial charge in [-0.3, -0.25) is 0 Å². The molecule has 1 aliphatic heterocycles. The number of carbonyl (C=O) groups is 2. The third-order valence-electron chi connectivity index (χ3n) is 9.16. The van der Waals surface area contributed by atoms with Gasteiger partial charge in [-0.1, -0.05) is 68.8 Å². The number of hydrogen-bond donors (Lipinski definition) is 2. The van der Waals surface area contributed by atoms with Gasteiger partial charge in [0.2, 0.25) is 0 Å². The first-order valence-electron chi connectivity index (χ1n) is 16.8. The van der Waals surface area contributed by atoms with E-state index >= 15 is 0 Å². The highest BCUT2D eigenvalue weighted by Gasteiger charge is 2.40. The van der Waals surface area contributed by atoms with Crippen molar-refractivity contribution < 1.29 is 43.5 Å². The number of aliphatic hydroxyl groups excluding tert-OH is 2. The van der Waals surface area contributed by atoms with Crippen molar-refractivity contribution in [3.63, 3.8) is 0 Å². The highest BCUT2D eigenvalue weighted by atomic mass is 16.6. The van der Waals surface area contributed by atoms with Crippen LogP contribution in [0.2, 0.25) is 0 Å². The van der Waals surface area contributed by atoms with E-state index in [0.29, 0.717) is 28.9 Å². The molecule has 2 atom stereocenters. The fourth-order valence-corrected chi connectivity index (χ4v) is 6.35. The fraction of sp³-hybridized carbons (Fsp3) is 0.400. The number of ether oxygens (including phenoxy) is 5. The summed E-state index contributed by atoms with van der Waals surface area (Å²) in [6.07, 6.45) is 4.21. The molecule has 0 saturated heterocycles. The summed E-state index contributed by atoms with van der Waals surface area (Å²) in [4.78, 5) is 23.4. The summed E-state index contributed by atoms with van der Waals surface area (Å²) in [6, 6.07) is 20.1. The Balaban J connectivity index is 1.39. The van der Waals surface area contributed by atoms with Crippen molar-refractivity contribution >= 4 is 11.9 Å². The maximum Gasteiger partial charge on any atom is 0.333 e. The van der Waals surface area contributed by atoms with Gasteiger partial charge < -0.3 is 33.9 Å². The van der Waals surface area contributed by atoms with Crippen molar-refractivity contribution in [1.82, 2.24) is 0 Å². The van der Waals surface area contributed by atoms with Crippen LogP contribution in [-0.4, -0.2) is 60.8 Å². The molecular weight excluding hydrogens is 624 g/mol. The van der Waals surface area contributed by atoms with Crippen LogP contribution in [0.3, 0.4) is 0 Å². The summed E-state index contributed by atoms with van der Waals surface area (Å²) in [7, 11) is 0. The van der Waals surface area contributed by atoms with Crippen molar-refractivity contribution in [2.75, 3.05) is 26.4 Å². The molecule has 0 radical (unpaired) electrons. The summed E-state index contributed by atoms with van der Waals surface area (Å²) >= 11 is 0. The van der Waals surface area contributed by atoms with Crippen molar-refractivity contribution in [2.45, 2.75) is 76.4 Å². The fourth-order valence-electron chi connectivity index (χ4n) is 6.35. The van der Waals surface area contributed by atoms with Gasteiger partial charge in [0.1, 0.15) is 61.6 Å². The van der Waals surface area contributed by atoms with Gasteiger partial charge in [-0.05, 0) is 62.8 Å². The van der Waals surface area contributed by atoms with Gasteiger partial charge in [0.25, 0.3) is 0 Å². The molecule has 0 bridgehead atoms. The molecule has 2 aliphatic rings. The molecule has 0 spiro atoms. The summed E-state index contributed by atoms with van der Waals surface area (Å²) in [5.41, 5.74) is 4.25. The molecule has 3 aromatic rings. The molecule has 2 N–H and O–H groups in total. The first-order chi connectivity index (χ1) is 23.4. The second-order valence-electron chi connectivity index (χ2n) is 13.2. The molecule has 0 aromatic heterocycles. The quantitative estimate of drug-likeness (QED) is 0.139. The molecule has 5 rings (SSSR count). The average molecular weight is 671 g/mol. The van der Waals surface area contributed by atoms with Crippen molar-refractivity contribution in [2.24, 2.45) is 0 Å². The Bertz CT molecular complexity index is 1580. The van der Waals surface area contributed by atoms with Crippen molar-refractivity contribution in [3.05, 3.63) is 107 Å². The van der Waals surface area contributed by atoms with Gasteiger partial charge in [-0.15, -0.1) is 0 Å². The number of hydrogen-bond acceptors (Lipinski definition) is 9. The molecule has 260 valence electrons. The van der Waals surface area contributed by atoms with Crippen LogP contribution in [0.5, 0.6) is 23.0 Å². The molecular formula is C40H46O9. The molecule has 1 heterocycles. The van der Waals surface area contributed by atoms with E-state index in [1.807, 2.05) is 24.3 Å². The van der Waals surface area contributed by atoms with E-state index < -0.39 is 29.6 Å². The van der Waals surface area contributed by atoms with E-state index in [0.717, 1.165) is 16.7 Å². The number of rotatable bonds is 14. The molecule has 49 heavy (non-hydrogen) atoms. The van der Waals surface area contributed by atoms with Crippen LogP contribution in [0.25, 0.3) is 0 Å². The number of aliphatic hydroxyl groups is 2. The predicted octanol–water partition coefficient (Wildman–Crippen LogP) is 6.91.